The van der Waals surface area contributed by atoms with E-state index >= 15 is 0 Å². The molecular weight excluding hydrogens is 260 g/mol. The van der Waals surface area contributed by atoms with E-state index in [0.29, 0.717) is 13.0 Å². The van der Waals surface area contributed by atoms with E-state index in [0.717, 1.165) is 12.1 Å². The Kier molecular flexibility index (Phi) is 5.93. The van der Waals surface area contributed by atoms with Gasteiger partial charge < -0.3 is 16.2 Å². The highest BCUT2D eigenvalue weighted by Crippen LogP contribution is 2.07. The number of rotatable bonds is 7. The van der Waals surface area contributed by atoms with Crippen molar-refractivity contribution in [1.29, 1.82) is 0 Å². The molecule has 0 saturated heterocycles. The van der Waals surface area contributed by atoms with E-state index in [1.807, 2.05) is 42.5 Å². The molecule has 0 unspecified atom stereocenters. The molecule has 0 radical (unpaired) electrons. The molecule has 2 aromatic carbocycles. The van der Waals surface area contributed by atoms with Crippen molar-refractivity contribution in [3.05, 3.63) is 71.3 Å². The van der Waals surface area contributed by atoms with Gasteiger partial charge in [-0.25, -0.2) is 0 Å². The van der Waals surface area contributed by atoms with Crippen LogP contribution in [0.5, 0.6) is 0 Å². The van der Waals surface area contributed by atoms with Crippen LogP contribution in [0.2, 0.25) is 0 Å². The lowest BCUT2D eigenvalue weighted by Crippen LogP contribution is -2.43. The Morgan fingerprint density at radius 2 is 1.71 bits per heavy atom. The molecule has 3 nitrogen and oxygen atoms in total. The van der Waals surface area contributed by atoms with E-state index < -0.39 is 6.10 Å². The molecule has 0 aliphatic rings. The summed E-state index contributed by atoms with van der Waals surface area (Å²) in [7, 11) is 0. The molecule has 2 atom stereocenters. The first-order valence-electron chi connectivity index (χ1n) is 7.39. The molecular formula is C18H24N2O. The normalized spacial score (nSPS) is 13.9. The van der Waals surface area contributed by atoms with Crippen LogP contribution in [-0.4, -0.2) is 23.8 Å². The van der Waals surface area contributed by atoms with Crippen LogP contribution in [0, 0.1) is 6.92 Å². The van der Waals surface area contributed by atoms with Crippen molar-refractivity contribution < 1.29 is 5.11 Å². The lowest BCUT2D eigenvalue weighted by molar-refractivity contribution is 0.141. The van der Waals surface area contributed by atoms with Crippen LogP contribution < -0.4 is 11.1 Å². The van der Waals surface area contributed by atoms with Gasteiger partial charge in [0, 0.05) is 19.1 Å². The summed E-state index contributed by atoms with van der Waals surface area (Å²) in [5.74, 6) is 0. The number of hydrogen-bond acceptors (Lipinski definition) is 3. The smallest absolute Gasteiger partial charge is 0.0818 e. The molecule has 0 heterocycles. The molecule has 21 heavy (non-hydrogen) atoms. The van der Waals surface area contributed by atoms with Crippen molar-refractivity contribution in [3.8, 4) is 0 Å². The van der Waals surface area contributed by atoms with Crippen molar-refractivity contribution in [2.45, 2.75) is 32.0 Å². The second-order valence-electron chi connectivity index (χ2n) is 5.48. The first kappa shape index (κ1) is 15.7. The van der Waals surface area contributed by atoms with Crippen molar-refractivity contribution in [3.63, 3.8) is 0 Å². The second kappa shape index (κ2) is 7.93. The predicted molar refractivity (Wildman–Crippen MR) is 87.0 cm³/mol. The minimum Gasteiger partial charge on any atom is -0.390 e. The summed E-state index contributed by atoms with van der Waals surface area (Å²) in [5, 5.41) is 13.4. The number of benzene rings is 2. The van der Waals surface area contributed by atoms with Crippen LogP contribution >= 0.6 is 0 Å². The fourth-order valence-electron chi connectivity index (χ4n) is 2.34. The summed E-state index contributed by atoms with van der Waals surface area (Å²) < 4.78 is 0. The van der Waals surface area contributed by atoms with Gasteiger partial charge in [0.15, 0.2) is 0 Å². The molecule has 0 amide bonds. The Balaban J connectivity index is 1.76. The minimum absolute atomic E-state index is 0.253. The van der Waals surface area contributed by atoms with Gasteiger partial charge in [-0.3, -0.25) is 0 Å². The molecule has 0 saturated carbocycles. The molecule has 2 rings (SSSR count). The van der Waals surface area contributed by atoms with Gasteiger partial charge in [0.05, 0.1) is 6.10 Å². The maximum absolute atomic E-state index is 10.1. The standard InChI is InChI=1S/C18H24N2O/c1-14-7-5-6-10-16(14)12-20-13-18(21)17(19)11-15-8-3-2-4-9-15/h2-10,17-18,20-21H,11-13,19H2,1H3/t17-,18+/m0/s1. The number of nitrogens with one attached hydrogen (secondary N) is 1. The zero-order valence-electron chi connectivity index (χ0n) is 12.5. The Bertz CT molecular complexity index is 542. The summed E-state index contributed by atoms with van der Waals surface area (Å²) in [4.78, 5) is 0. The Morgan fingerprint density at radius 3 is 2.43 bits per heavy atom. The highest BCUT2D eigenvalue weighted by atomic mass is 16.3. The maximum Gasteiger partial charge on any atom is 0.0818 e. The van der Waals surface area contributed by atoms with E-state index in [1.54, 1.807) is 0 Å². The monoisotopic (exact) mass is 284 g/mol. The first-order chi connectivity index (χ1) is 10.2. The van der Waals surface area contributed by atoms with Gasteiger partial charge in [-0.1, -0.05) is 54.6 Å². The van der Waals surface area contributed by atoms with Crippen LogP contribution in [0.4, 0.5) is 0 Å². The van der Waals surface area contributed by atoms with E-state index in [1.165, 1.54) is 11.1 Å². The summed E-state index contributed by atoms with van der Waals surface area (Å²) in [6.07, 6.45) is 0.142. The average Bonchev–Trinajstić information content (AvgIpc) is 2.50. The van der Waals surface area contributed by atoms with Crippen LogP contribution in [0.1, 0.15) is 16.7 Å². The summed E-state index contributed by atoms with van der Waals surface area (Å²) in [6.45, 7) is 3.35. The molecule has 0 fully saturated rings. The molecule has 0 aromatic heterocycles. The maximum atomic E-state index is 10.1. The van der Waals surface area contributed by atoms with Gasteiger partial charge in [0.2, 0.25) is 0 Å². The zero-order valence-corrected chi connectivity index (χ0v) is 12.5. The van der Waals surface area contributed by atoms with Crippen molar-refractivity contribution in [2.75, 3.05) is 6.54 Å². The predicted octanol–water partition coefficient (Wildman–Crippen LogP) is 2.02. The third kappa shape index (κ3) is 4.97. The number of aliphatic hydroxyl groups is 1. The molecule has 2 aromatic rings. The lowest BCUT2D eigenvalue weighted by atomic mass is 10.0. The van der Waals surface area contributed by atoms with Crippen LogP contribution in [0.25, 0.3) is 0 Å². The van der Waals surface area contributed by atoms with Gasteiger partial charge in [0.25, 0.3) is 0 Å². The molecule has 0 bridgehead atoms. The SMILES string of the molecule is Cc1ccccc1CNC[C@@H](O)[C@@H](N)Cc1ccccc1. The quantitative estimate of drug-likeness (QED) is 0.729. The molecule has 0 aliphatic heterocycles. The van der Waals surface area contributed by atoms with Crippen LogP contribution in [-0.2, 0) is 13.0 Å². The Labute approximate surface area is 126 Å². The summed E-state index contributed by atoms with van der Waals surface area (Å²) >= 11 is 0. The van der Waals surface area contributed by atoms with Gasteiger partial charge >= 0.3 is 0 Å². The topological polar surface area (TPSA) is 58.3 Å². The molecule has 0 aliphatic carbocycles. The van der Waals surface area contributed by atoms with E-state index in [4.69, 9.17) is 5.73 Å². The van der Waals surface area contributed by atoms with Crippen LogP contribution in [0.3, 0.4) is 0 Å². The third-order valence-electron chi connectivity index (χ3n) is 3.74. The highest BCUT2D eigenvalue weighted by Gasteiger charge is 2.14. The second-order valence-corrected chi connectivity index (χ2v) is 5.48. The fraction of sp³-hybridized carbons (Fsp3) is 0.333. The molecule has 3 heteroatoms. The van der Waals surface area contributed by atoms with E-state index in [9.17, 15) is 5.11 Å². The van der Waals surface area contributed by atoms with Gasteiger partial charge in [-0.2, -0.15) is 0 Å². The summed E-state index contributed by atoms with van der Waals surface area (Å²) in [5.41, 5.74) is 9.73. The molecule has 4 N–H and O–H groups in total. The fourth-order valence-corrected chi connectivity index (χ4v) is 2.34. The van der Waals surface area contributed by atoms with Crippen LogP contribution in [0.15, 0.2) is 54.6 Å². The van der Waals surface area contributed by atoms with Crippen molar-refractivity contribution >= 4 is 0 Å². The Morgan fingerprint density at radius 1 is 1.05 bits per heavy atom. The van der Waals surface area contributed by atoms with E-state index in [2.05, 4.69) is 24.4 Å². The molecule has 112 valence electrons. The molecule has 0 spiro atoms. The van der Waals surface area contributed by atoms with E-state index in [-0.39, 0.29) is 6.04 Å². The lowest BCUT2D eigenvalue weighted by Gasteiger charge is -2.19. The summed E-state index contributed by atoms with van der Waals surface area (Å²) in [6, 6.07) is 18.0. The number of aliphatic hydroxyl groups excluding tert-OH is 1. The van der Waals surface area contributed by atoms with Gasteiger partial charge in [0.1, 0.15) is 0 Å². The van der Waals surface area contributed by atoms with Gasteiger partial charge in [-0.05, 0) is 30.0 Å². The number of hydrogen-bond donors (Lipinski definition) is 3. The number of nitrogens with two attached hydrogens (primary N) is 1. The first-order valence-corrected chi connectivity index (χ1v) is 7.39. The number of aryl methyl sites for hydroxylation is 1. The zero-order chi connectivity index (χ0) is 15.1. The van der Waals surface area contributed by atoms with Gasteiger partial charge in [-0.15, -0.1) is 0 Å². The largest absolute Gasteiger partial charge is 0.390 e. The Hall–Kier alpha value is -1.68. The van der Waals surface area contributed by atoms with Crippen molar-refractivity contribution in [1.82, 2.24) is 5.32 Å². The minimum atomic E-state index is -0.547. The highest BCUT2D eigenvalue weighted by molar-refractivity contribution is 5.25. The average molecular weight is 284 g/mol. The van der Waals surface area contributed by atoms with Crippen molar-refractivity contribution in [2.24, 2.45) is 5.73 Å². The third-order valence-corrected chi connectivity index (χ3v) is 3.74.